The zero-order valence-corrected chi connectivity index (χ0v) is 12.5. The molecule has 3 rings (SSSR count). The van der Waals surface area contributed by atoms with Crippen LogP contribution in [0.1, 0.15) is 16.6 Å². The van der Waals surface area contributed by atoms with Gasteiger partial charge in [0.2, 0.25) is 0 Å². The van der Waals surface area contributed by atoms with Crippen LogP contribution >= 0.6 is 35.3 Å². The van der Waals surface area contributed by atoms with Gasteiger partial charge in [-0.3, -0.25) is 4.79 Å². The van der Waals surface area contributed by atoms with Crippen LogP contribution in [0.3, 0.4) is 0 Å². The van der Waals surface area contributed by atoms with E-state index in [9.17, 15) is 4.79 Å². The van der Waals surface area contributed by atoms with Gasteiger partial charge in [0, 0.05) is 10.6 Å². The second-order valence-corrected chi connectivity index (χ2v) is 6.89. The van der Waals surface area contributed by atoms with Crippen molar-refractivity contribution in [3.63, 3.8) is 0 Å². The highest BCUT2D eigenvalue weighted by Gasteiger charge is 2.40. The highest BCUT2D eigenvalue weighted by Crippen LogP contribution is 2.46. The number of H-pyrrole nitrogens is 1. The Hall–Kier alpha value is -1.05. The van der Waals surface area contributed by atoms with Crippen molar-refractivity contribution in [3.8, 4) is 0 Å². The predicted molar refractivity (Wildman–Crippen MR) is 76.3 cm³/mol. The molecule has 0 radical (unpaired) electrons. The van der Waals surface area contributed by atoms with E-state index in [2.05, 4.69) is 4.98 Å². The molecule has 0 saturated carbocycles. The zero-order chi connectivity index (χ0) is 13.4. The molecule has 0 aliphatic carbocycles. The largest absolute Gasteiger partial charge is 0.469 e. The van der Waals surface area contributed by atoms with Crippen molar-refractivity contribution < 1.29 is 13.9 Å². The second kappa shape index (κ2) is 5.15. The molecule has 2 atom stereocenters. The number of thiazole rings is 1. The molecular formula is C12H11NO3S3. The number of ether oxygens (including phenoxy) is 1. The lowest BCUT2D eigenvalue weighted by atomic mass is 9.90. The number of rotatable bonds is 2. The van der Waals surface area contributed by atoms with Gasteiger partial charge in [-0.1, -0.05) is 0 Å². The van der Waals surface area contributed by atoms with Gasteiger partial charge in [-0.15, -0.1) is 23.1 Å². The van der Waals surface area contributed by atoms with Crippen LogP contribution in [0.25, 0.3) is 0 Å². The maximum atomic E-state index is 12.0. The molecule has 7 heteroatoms. The Bertz CT molecular complexity index is 643. The number of carbonyl (C=O) groups excluding carboxylic acids is 1. The highest BCUT2D eigenvalue weighted by molar-refractivity contribution is 7.99. The molecule has 3 heterocycles. The van der Waals surface area contributed by atoms with Gasteiger partial charge >= 0.3 is 5.97 Å². The molecule has 100 valence electrons. The van der Waals surface area contributed by atoms with Gasteiger partial charge in [0.25, 0.3) is 0 Å². The number of fused-ring (bicyclic) bond motifs is 1. The summed E-state index contributed by atoms with van der Waals surface area (Å²) in [5.74, 6) is 0.875. The van der Waals surface area contributed by atoms with Crippen LogP contribution in [0.5, 0.6) is 0 Å². The van der Waals surface area contributed by atoms with E-state index in [1.807, 2.05) is 12.1 Å². The zero-order valence-electron chi connectivity index (χ0n) is 10.0. The summed E-state index contributed by atoms with van der Waals surface area (Å²) in [5.41, 5.74) is 0. The topological polar surface area (TPSA) is 55.2 Å². The van der Waals surface area contributed by atoms with E-state index in [-0.39, 0.29) is 17.8 Å². The first kappa shape index (κ1) is 13.0. The molecule has 1 aliphatic rings. The SMILES string of the molecule is COC(=O)C1CSc2[nH]c(=S)sc2C1c1ccco1. The minimum Gasteiger partial charge on any atom is -0.469 e. The van der Waals surface area contributed by atoms with Gasteiger partial charge in [-0.25, -0.2) is 0 Å². The lowest BCUT2D eigenvalue weighted by Crippen LogP contribution is -2.28. The van der Waals surface area contributed by atoms with Gasteiger partial charge in [0.15, 0.2) is 3.95 Å². The standard InChI is InChI=1S/C12H11NO3S3/c1-15-11(14)6-5-18-10-9(19-12(17)13-10)8(6)7-3-2-4-16-7/h2-4,6,8H,5H2,1H3,(H,13,17). The smallest absolute Gasteiger partial charge is 0.310 e. The number of carbonyl (C=O) groups is 1. The Balaban J connectivity index is 2.10. The van der Waals surface area contributed by atoms with Gasteiger partial charge in [0.1, 0.15) is 5.76 Å². The first-order valence-electron chi connectivity index (χ1n) is 5.67. The van der Waals surface area contributed by atoms with Crippen molar-refractivity contribution in [1.82, 2.24) is 4.98 Å². The number of aromatic nitrogens is 1. The van der Waals surface area contributed by atoms with Crippen LogP contribution in [-0.2, 0) is 9.53 Å². The third-order valence-corrected chi connectivity index (χ3v) is 5.67. The molecule has 1 aliphatic heterocycles. The fraction of sp³-hybridized carbons (Fsp3) is 0.333. The summed E-state index contributed by atoms with van der Waals surface area (Å²) in [6.07, 6.45) is 1.62. The van der Waals surface area contributed by atoms with Gasteiger partial charge < -0.3 is 14.1 Å². The van der Waals surface area contributed by atoms with E-state index in [1.54, 1.807) is 18.0 Å². The van der Waals surface area contributed by atoms with Crippen LogP contribution in [0, 0.1) is 9.87 Å². The first-order valence-corrected chi connectivity index (χ1v) is 7.88. The predicted octanol–water partition coefficient (Wildman–Crippen LogP) is 3.43. The molecule has 0 spiro atoms. The van der Waals surface area contributed by atoms with Crippen LogP contribution in [-0.4, -0.2) is 23.8 Å². The molecule has 2 unspecified atom stereocenters. The van der Waals surface area contributed by atoms with E-state index in [1.165, 1.54) is 18.4 Å². The van der Waals surface area contributed by atoms with Crippen molar-refractivity contribution in [2.45, 2.75) is 10.9 Å². The fourth-order valence-corrected chi connectivity index (χ4v) is 5.07. The van der Waals surface area contributed by atoms with Gasteiger partial charge in [-0.2, -0.15) is 0 Å². The molecule has 4 nitrogen and oxygen atoms in total. The lowest BCUT2D eigenvalue weighted by molar-refractivity contribution is -0.145. The Labute approximate surface area is 123 Å². The lowest BCUT2D eigenvalue weighted by Gasteiger charge is -2.27. The van der Waals surface area contributed by atoms with Crippen molar-refractivity contribution >= 4 is 41.3 Å². The number of aromatic amines is 1. The van der Waals surface area contributed by atoms with Crippen LogP contribution < -0.4 is 0 Å². The number of nitrogens with one attached hydrogen (secondary N) is 1. The van der Waals surface area contributed by atoms with Gasteiger partial charge in [-0.05, 0) is 24.4 Å². The fourth-order valence-electron chi connectivity index (χ4n) is 2.24. The number of methoxy groups -OCH3 is 1. The van der Waals surface area contributed by atoms with E-state index in [0.29, 0.717) is 5.75 Å². The molecule has 2 aromatic rings. The Morgan fingerprint density at radius 3 is 3.16 bits per heavy atom. The summed E-state index contributed by atoms with van der Waals surface area (Å²) in [6, 6.07) is 3.72. The first-order chi connectivity index (χ1) is 9.20. The summed E-state index contributed by atoms with van der Waals surface area (Å²) >= 11 is 8.31. The average molecular weight is 313 g/mol. The number of thioether (sulfide) groups is 1. The number of hydrogen-bond donors (Lipinski definition) is 1. The normalized spacial score (nSPS) is 21.9. The number of hydrogen-bond acceptors (Lipinski definition) is 6. The maximum absolute atomic E-state index is 12.0. The minimum absolute atomic E-state index is 0.114. The van der Waals surface area contributed by atoms with E-state index >= 15 is 0 Å². The molecule has 0 aromatic carbocycles. The molecule has 19 heavy (non-hydrogen) atoms. The summed E-state index contributed by atoms with van der Waals surface area (Å²) in [7, 11) is 1.42. The average Bonchev–Trinajstić information content (AvgIpc) is 3.04. The summed E-state index contributed by atoms with van der Waals surface area (Å²) in [5, 5.41) is 1.04. The van der Waals surface area contributed by atoms with Crippen LogP contribution in [0.15, 0.2) is 27.8 Å². The Morgan fingerprint density at radius 1 is 1.63 bits per heavy atom. The highest BCUT2D eigenvalue weighted by atomic mass is 32.2. The van der Waals surface area contributed by atoms with E-state index < -0.39 is 0 Å². The monoisotopic (exact) mass is 313 g/mol. The third-order valence-electron chi connectivity index (χ3n) is 3.09. The van der Waals surface area contributed by atoms with Crippen molar-refractivity contribution in [2.75, 3.05) is 12.9 Å². The van der Waals surface area contributed by atoms with Crippen molar-refractivity contribution in [3.05, 3.63) is 33.0 Å². The molecule has 0 fully saturated rings. The molecule has 0 saturated heterocycles. The Kier molecular flexibility index (Phi) is 3.51. The third kappa shape index (κ3) is 2.26. The molecular weight excluding hydrogens is 302 g/mol. The molecule has 2 aromatic heterocycles. The summed E-state index contributed by atoms with van der Waals surface area (Å²) in [4.78, 5) is 16.2. The van der Waals surface area contributed by atoms with E-state index in [0.717, 1.165) is 19.6 Å². The van der Waals surface area contributed by atoms with Crippen LogP contribution in [0.4, 0.5) is 0 Å². The molecule has 1 N–H and O–H groups in total. The number of furan rings is 1. The quantitative estimate of drug-likeness (QED) is 0.680. The Morgan fingerprint density at radius 2 is 2.47 bits per heavy atom. The molecule has 0 amide bonds. The maximum Gasteiger partial charge on any atom is 0.310 e. The van der Waals surface area contributed by atoms with Crippen LogP contribution in [0.2, 0.25) is 0 Å². The summed E-state index contributed by atoms with van der Waals surface area (Å²) < 4.78 is 11.1. The molecule has 0 bridgehead atoms. The van der Waals surface area contributed by atoms with E-state index in [4.69, 9.17) is 21.4 Å². The van der Waals surface area contributed by atoms with Crippen molar-refractivity contribution in [1.29, 1.82) is 0 Å². The van der Waals surface area contributed by atoms with Gasteiger partial charge in [0.05, 0.1) is 30.2 Å². The minimum atomic E-state index is -0.241. The summed E-state index contributed by atoms with van der Waals surface area (Å²) in [6.45, 7) is 0. The second-order valence-electron chi connectivity index (χ2n) is 4.14. The van der Waals surface area contributed by atoms with Crippen molar-refractivity contribution in [2.24, 2.45) is 5.92 Å². The number of esters is 1.